The van der Waals surface area contributed by atoms with Crippen molar-refractivity contribution in [1.29, 1.82) is 0 Å². The number of rotatable bonds is 4. The van der Waals surface area contributed by atoms with E-state index < -0.39 is 0 Å². The Bertz CT molecular complexity index is 838. The number of carbonyl (C=O) groups excluding carboxylic acids is 1. The SMILES string of the molecule is CC(C)c1cc(C(=O)N2C[C@H]3CC[C@@H](C2)N(Cc2ccccc2)C3)nc(N)n1. The monoisotopic (exact) mass is 379 g/mol. The molecule has 2 atom stereocenters. The maximum Gasteiger partial charge on any atom is 0.272 e. The van der Waals surface area contributed by atoms with E-state index in [2.05, 4.69) is 45.2 Å². The van der Waals surface area contributed by atoms with Crippen LogP contribution in [0.5, 0.6) is 0 Å². The number of fused-ring (bicyclic) bond motifs is 4. The van der Waals surface area contributed by atoms with Crippen molar-refractivity contribution in [3.8, 4) is 0 Å². The second-order valence-corrected chi connectivity index (χ2v) is 8.41. The van der Waals surface area contributed by atoms with E-state index in [1.54, 1.807) is 6.07 Å². The normalized spacial score (nSPS) is 22.5. The smallest absolute Gasteiger partial charge is 0.272 e. The number of benzene rings is 1. The van der Waals surface area contributed by atoms with Crippen LogP contribution < -0.4 is 5.73 Å². The number of carbonyl (C=O) groups is 1. The summed E-state index contributed by atoms with van der Waals surface area (Å²) in [6.45, 7) is 7.63. The van der Waals surface area contributed by atoms with Gasteiger partial charge in [0, 0.05) is 37.9 Å². The lowest BCUT2D eigenvalue weighted by molar-refractivity contribution is 0.0730. The first-order chi connectivity index (χ1) is 13.5. The van der Waals surface area contributed by atoms with E-state index in [1.807, 2.05) is 18.7 Å². The average molecular weight is 380 g/mol. The predicted molar refractivity (Wildman–Crippen MR) is 110 cm³/mol. The number of amides is 1. The highest BCUT2D eigenvalue weighted by Gasteiger charge is 2.37. The molecule has 1 aromatic carbocycles. The largest absolute Gasteiger partial charge is 0.368 e. The van der Waals surface area contributed by atoms with E-state index >= 15 is 0 Å². The van der Waals surface area contributed by atoms with Crippen LogP contribution in [0.4, 0.5) is 5.95 Å². The summed E-state index contributed by atoms with van der Waals surface area (Å²) in [7, 11) is 0. The number of nitrogen functional groups attached to an aromatic ring is 1. The van der Waals surface area contributed by atoms with Crippen molar-refractivity contribution in [3.63, 3.8) is 0 Å². The van der Waals surface area contributed by atoms with Gasteiger partial charge < -0.3 is 10.6 Å². The molecule has 3 aliphatic heterocycles. The van der Waals surface area contributed by atoms with E-state index in [0.29, 0.717) is 17.7 Å². The highest BCUT2D eigenvalue weighted by atomic mass is 16.2. The molecule has 148 valence electrons. The zero-order chi connectivity index (χ0) is 19.7. The van der Waals surface area contributed by atoms with Gasteiger partial charge in [0.15, 0.2) is 0 Å². The van der Waals surface area contributed by atoms with Gasteiger partial charge in [-0.2, -0.15) is 0 Å². The third-order valence-corrected chi connectivity index (χ3v) is 5.92. The molecule has 2 aromatic rings. The van der Waals surface area contributed by atoms with Gasteiger partial charge in [-0.1, -0.05) is 44.2 Å². The molecule has 2 bridgehead atoms. The first-order valence-corrected chi connectivity index (χ1v) is 10.2. The minimum Gasteiger partial charge on any atom is -0.368 e. The number of anilines is 1. The average Bonchev–Trinajstić information content (AvgIpc) is 2.99. The lowest BCUT2D eigenvalue weighted by Gasteiger charge is -2.36. The van der Waals surface area contributed by atoms with Crippen molar-refractivity contribution in [2.75, 3.05) is 25.4 Å². The number of hydrogen-bond donors (Lipinski definition) is 1. The van der Waals surface area contributed by atoms with Crippen molar-refractivity contribution in [1.82, 2.24) is 19.8 Å². The molecule has 0 saturated carbocycles. The first kappa shape index (κ1) is 18.9. The van der Waals surface area contributed by atoms with E-state index in [1.165, 1.54) is 12.0 Å². The fourth-order valence-corrected chi connectivity index (χ4v) is 4.41. The molecule has 0 radical (unpaired) electrons. The molecule has 0 aliphatic carbocycles. The zero-order valence-electron chi connectivity index (χ0n) is 16.7. The lowest BCUT2D eigenvalue weighted by Crippen LogP contribution is -2.44. The standard InChI is InChI=1S/C22H29N5O/c1-15(2)19-10-20(25-22(23)24-19)21(28)27-13-17-8-9-18(14-27)26(12-17)11-16-6-4-3-5-7-16/h3-7,10,15,17-18H,8-9,11-14H2,1-2H3,(H2,23,24,25)/t17-,18-/m0/s1. The second kappa shape index (κ2) is 7.87. The van der Waals surface area contributed by atoms with E-state index in [-0.39, 0.29) is 17.8 Å². The predicted octanol–water partition coefficient (Wildman–Crippen LogP) is 2.92. The Hall–Kier alpha value is -2.47. The van der Waals surface area contributed by atoms with Crippen LogP contribution in [0.2, 0.25) is 0 Å². The summed E-state index contributed by atoms with van der Waals surface area (Å²) >= 11 is 0. The molecule has 1 aromatic heterocycles. The Labute approximate surface area is 166 Å². The quantitative estimate of drug-likeness (QED) is 0.884. The number of piperidine rings is 1. The summed E-state index contributed by atoms with van der Waals surface area (Å²) < 4.78 is 0. The Kier molecular flexibility index (Phi) is 5.31. The fourth-order valence-electron chi connectivity index (χ4n) is 4.41. The minimum absolute atomic E-state index is 0.0190. The third-order valence-electron chi connectivity index (χ3n) is 5.92. The van der Waals surface area contributed by atoms with Crippen molar-refractivity contribution < 1.29 is 4.79 Å². The molecule has 3 saturated heterocycles. The van der Waals surface area contributed by atoms with Crippen LogP contribution in [-0.2, 0) is 6.54 Å². The van der Waals surface area contributed by atoms with Crippen molar-refractivity contribution >= 4 is 11.9 Å². The van der Waals surface area contributed by atoms with Gasteiger partial charge in [-0.15, -0.1) is 0 Å². The van der Waals surface area contributed by atoms with E-state index in [4.69, 9.17) is 5.73 Å². The number of nitrogens with two attached hydrogens (primary N) is 1. The van der Waals surface area contributed by atoms with Crippen molar-refractivity contribution in [2.24, 2.45) is 5.92 Å². The number of nitrogens with zero attached hydrogens (tertiary/aromatic N) is 4. The molecule has 28 heavy (non-hydrogen) atoms. The van der Waals surface area contributed by atoms with Gasteiger partial charge >= 0.3 is 0 Å². The molecule has 2 N–H and O–H groups in total. The van der Waals surface area contributed by atoms with E-state index in [0.717, 1.165) is 38.3 Å². The lowest BCUT2D eigenvalue weighted by atomic mass is 9.94. The Morgan fingerprint density at radius 2 is 1.93 bits per heavy atom. The molecule has 4 heterocycles. The van der Waals surface area contributed by atoms with Gasteiger partial charge in [0.05, 0.1) is 0 Å². The molecule has 6 nitrogen and oxygen atoms in total. The van der Waals surface area contributed by atoms with Gasteiger partial charge in [0.25, 0.3) is 5.91 Å². The zero-order valence-corrected chi connectivity index (χ0v) is 16.7. The third kappa shape index (κ3) is 4.02. The number of aromatic nitrogens is 2. The van der Waals surface area contributed by atoms with Crippen LogP contribution in [0.15, 0.2) is 36.4 Å². The van der Waals surface area contributed by atoms with Crippen molar-refractivity contribution in [2.45, 2.75) is 45.2 Å². The Morgan fingerprint density at radius 1 is 1.14 bits per heavy atom. The van der Waals surface area contributed by atoms with Crippen LogP contribution in [0.1, 0.15) is 54.4 Å². The summed E-state index contributed by atoms with van der Waals surface area (Å²) in [5.41, 5.74) is 8.44. The molecular formula is C22H29N5O. The molecule has 5 rings (SSSR count). The van der Waals surface area contributed by atoms with E-state index in [9.17, 15) is 4.79 Å². The van der Waals surface area contributed by atoms with Gasteiger partial charge in [-0.05, 0) is 36.3 Å². The first-order valence-electron chi connectivity index (χ1n) is 10.2. The topological polar surface area (TPSA) is 75.4 Å². The summed E-state index contributed by atoms with van der Waals surface area (Å²) in [6, 6.07) is 12.8. The maximum absolute atomic E-state index is 13.2. The van der Waals surface area contributed by atoms with Crippen LogP contribution in [0.3, 0.4) is 0 Å². The maximum atomic E-state index is 13.2. The molecule has 3 fully saturated rings. The van der Waals surface area contributed by atoms with Crippen LogP contribution in [0, 0.1) is 5.92 Å². The van der Waals surface area contributed by atoms with Gasteiger partial charge in [-0.3, -0.25) is 9.69 Å². The Morgan fingerprint density at radius 3 is 2.68 bits per heavy atom. The highest BCUT2D eigenvalue weighted by molar-refractivity contribution is 5.92. The second-order valence-electron chi connectivity index (χ2n) is 8.41. The molecule has 6 heteroatoms. The van der Waals surface area contributed by atoms with Gasteiger partial charge in [0.2, 0.25) is 5.95 Å². The molecule has 0 unspecified atom stereocenters. The molecular weight excluding hydrogens is 350 g/mol. The van der Waals surface area contributed by atoms with Gasteiger partial charge in [-0.25, -0.2) is 9.97 Å². The minimum atomic E-state index is -0.0190. The summed E-state index contributed by atoms with van der Waals surface area (Å²) in [6.07, 6.45) is 2.33. The number of hydrogen-bond acceptors (Lipinski definition) is 5. The molecule has 1 amide bonds. The van der Waals surface area contributed by atoms with Crippen LogP contribution >= 0.6 is 0 Å². The summed E-state index contributed by atoms with van der Waals surface area (Å²) in [5, 5.41) is 0. The highest BCUT2D eigenvalue weighted by Crippen LogP contribution is 2.30. The summed E-state index contributed by atoms with van der Waals surface area (Å²) in [5.74, 6) is 0.876. The van der Waals surface area contributed by atoms with Gasteiger partial charge in [0.1, 0.15) is 5.69 Å². The van der Waals surface area contributed by atoms with Crippen molar-refractivity contribution in [3.05, 3.63) is 53.3 Å². The van der Waals surface area contributed by atoms with Crippen LogP contribution in [-0.4, -0.2) is 51.4 Å². The molecule has 0 spiro atoms. The molecule has 3 aliphatic rings. The fraction of sp³-hybridized carbons (Fsp3) is 0.500. The summed E-state index contributed by atoms with van der Waals surface area (Å²) in [4.78, 5) is 26.3. The van der Waals surface area contributed by atoms with Crippen LogP contribution in [0.25, 0.3) is 0 Å². The Balaban J connectivity index is 1.52.